The Balaban J connectivity index is 1.21. The van der Waals surface area contributed by atoms with Crippen molar-refractivity contribution in [2.24, 2.45) is 0 Å². The molecule has 1 aromatic heterocycles. The van der Waals surface area contributed by atoms with Crippen LogP contribution in [0.3, 0.4) is 0 Å². The number of benzene rings is 9. The molecule has 0 amide bonds. The molecule has 0 aliphatic rings. The minimum absolute atomic E-state index is 1.14. The number of fused-ring (bicyclic) bond motifs is 4. The zero-order valence-electron chi connectivity index (χ0n) is 30.2. The van der Waals surface area contributed by atoms with Crippen molar-refractivity contribution in [2.75, 3.05) is 4.90 Å². The van der Waals surface area contributed by atoms with Crippen LogP contribution in [-0.2, 0) is 0 Å². The second kappa shape index (κ2) is 14.0. The van der Waals surface area contributed by atoms with Crippen LogP contribution >= 0.6 is 11.3 Å². The second-order valence-electron chi connectivity index (χ2n) is 14.1. The van der Waals surface area contributed by atoms with Gasteiger partial charge in [0.15, 0.2) is 8.07 Å². The Morgan fingerprint density at radius 3 is 1.51 bits per heavy atom. The van der Waals surface area contributed by atoms with E-state index in [9.17, 15) is 0 Å². The van der Waals surface area contributed by atoms with Crippen molar-refractivity contribution in [3.05, 3.63) is 224 Å². The predicted molar refractivity (Wildman–Crippen MR) is 241 cm³/mol. The first-order chi connectivity index (χ1) is 27.3. The first-order valence-corrected chi connectivity index (χ1v) is 21.7. The molecule has 0 aliphatic heterocycles. The Morgan fingerprint density at radius 1 is 0.327 bits per heavy atom. The zero-order chi connectivity index (χ0) is 36.6. The molecule has 1 nitrogen and oxygen atoms in total. The summed E-state index contributed by atoms with van der Waals surface area (Å²) in [6.07, 6.45) is 0. The van der Waals surface area contributed by atoms with E-state index in [1.165, 1.54) is 62.8 Å². The van der Waals surface area contributed by atoms with Gasteiger partial charge in [0.25, 0.3) is 0 Å². The van der Waals surface area contributed by atoms with Gasteiger partial charge in [-0.25, -0.2) is 0 Å². The van der Waals surface area contributed by atoms with Crippen molar-refractivity contribution < 1.29 is 0 Å². The number of nitrogens with zero attached hydrogens (tertiary/aromatic N) is 1. The highest BCUT2D eigenvalue weighted by Crippen LogP contribution is 2.43. The fourth-order valence-corrected chi connectivity index (χ4v) is 14.5. The number of rotatable bonds is 8. The van der Waals surface area contributed by atoms with Crippen molar-refractivity contribution in [1.29, 1.82) is 0 Å². The van der Waals surface area contributed by atoms with Gasteiger partial charge in [0.1, 0.15) is 0 Å². The van der Waals surface area contributed by atoms with E-state index < -0.39 is 8.07 Å². The monoisotopic (exact) mass is 735 g/mol. The molecule has 1 heterocycles. The highest BCUT2D eigenvalue weighted by atomic mass is 32.1. The Morgan fingerprint density at radius 2 is 0.836 bits per heavy atom. The normalized spacial score (nSPS) is 11.6. The van der Waals surface area contributed by atoms with Gasteiger partial charge >= 0.3 is 0 Å². The van der Waals surface area contributed by atoms with Gasteiger partial charge in [-0.1, -0.05) is 188 Å². The maximum atomic E-state index is 2.48. The predicted octanol–water partition coefficient (Wildman–Crippen LogP) is 11.7. The number of anilines is 3. The molecule has 260 valence electrons. The molecule has 10 rings (SSSR count). The van der Waals surface area contributed by atoms with Gasteiger partial charge in [0, 0.05) is 36.9 Å². The lowest BCUT2D eigenvalue weighted by molar-refractivity contribution is 1.31. The van der Waals surface area contributed by atoms with Crippen LogP contribution in [0.5, 0.6) is 0 Å². The molecule has 0 saturated carbocycles. The lowest BCUT2D eigenvalue weighted by atomic mass is 10.0. The summed E-state index contributed by atoms with van der Waals surface area (Å²) in [6, 6.07) is 83.0. The first-order valence-electron chi connectivity index (χ1n) is 18.8. The van der Waals surface area contributed by atoms with E-state index in [0.29, 0.717) is 0 Å². The van der Waals surface area contributed by atoms with Crippen LogP contribution in [0.1, 0.15) is 0 Å². The summed E-state index contributed by atoms with van der Waals surface area (Å²) in [7, 11) is -2.76. The van der Waals surface area contributed by atoms with E-state index in [0.717, 1.165) is 17.1 Å². The number of hydrogen-bond acceptors (Lipinski definition) is 2. The van der Waals surface area contributed by atoms with Crippen LogP contribution in [-0.4, -0.2) is 8.07 Å². The fraction of sp³-hybridized carbons (Fsp3) is 0. The minimum atomic E-state index is -2.76. The van der Waals surface area contributed by atoms with Crippen LogP contribution in [0.2, 0.25) is 0 Å². The van der Waals surface area contributed by atoms with Crippen molar-refractivity contribution in [1.82, 2.24) is 0 Å². The van der Waals surface area contributed by atoms with Gasteiger partial charge in [-0.3, -0.25) is 0 Å². The Kier molecular flexibility index (Phi) is 8.44. The number of hydrogen-bond donors (Lipinski definition) is 0. The summed E-state index contributed by atoms with van der Waals surface area (Å²) in [5.41, 5.74) is 5.93. The third kappa shape index (κ3) is 5.77. The molecular weight excluding hydrogens is 699 g/mol. The van der Waals surface area contributed by atoms with Gasteiger partial charge < -0.3 is 4.90 Å². The highest BCUT2D eigenvalue weighted by molar-refractivity contribution is 7.26. The molecule has 0 spiro atoms. The molecule has 0 saturated heterocycles. The van der Waals surface area contributed by atoms with Crippen molar-refractivity contribution in [2.45, 2.75) is 0 Å². The van der Waals surface area contributed by atoms with E-state index in [2.05, 4.69) is 229 Å². The van der Waals surface area contributed by atoms with Gasteiger partial charge in [0.05, 0.1) is 5.69 Å². The van der Waals surface area contributed by atoms with Crippen LogP contribution in [0.25, 0.3) is 42.1 Å². The summed E-state index contributed by atoms with van der Waals surface area (Å²) in [5.74, 6) is 0. The van der Waals surface area contributed by atoms with Gasteiger partial charge in [0.2, 0.25) is 0 Å². The Bertz CT molecular complexity index is 2820. The standard InChI is InChI=1S/C52H37NSSi/c1-5-17-38(18-6-1)40-31-33-48-49-34-32-42(37-52(49)54-51(48)35-40)53(50-30-15-20-39-19-13-14-29-47(39)50)41-21-16-28-46(36-41)55(43-22-7-2-8-23-43,44-24-9-3-10-25-44)45-26-11-4-12-27-45/h1-37H. The molecule has 10 aromatic rings. The Labute approximate surface area is 327 Å². The van der Waals surface area contributed by atoms with Crippen LogP contribution in [0, 0.1) is 0 Å². The third-order valence-electron chi connectivity index (χ3n) is 11.0. The maximum Gasteiger partial charge on any atom is 0.179 e. The second-order valence-corrected chi connectivity index (χ2v) is 19.0. The summed E-state index contributed by atoms with van der Waals surface area (Å²) in [6.45, 7) is 0. The Hall–Kier alpha value is -6.52. The van der Waals surface area contributed by atoms with Gasteiger partial charge in [-0.2, -0.15) is 0 Å². The lowest BCUT2D eigenvalue weighted by Crippen LogP contribution is -2.74. The van der Waals surface area contributed by atoms with E-state index in [4.69, 9.17) is 0 Å². The van der Waals surface area contributed by atoms with E-state index in [-0.39, 0.29) is 0 Å². The van der Waals surface area contributed by atoms with Crippen molar-refractivity contribution in [3.63, 3.8) is 0 Å². The molecule has 0 N–H and O–H groups in total. The summed E-state index contributed by atoms with van der Waals surface area (Å²) < 4.78 is 2.58. The number of thiophene rings is 1. The van der Waals surface area contributed by atoms with Crippen LogP contribution in [0.4, 0.5) is 17.1 Å². The molecule has 0 atom stereocenters. The average molecular weight is 736 g/mol. The maximum absolute atomic E-state index is 2.76. The summed E-state index contributed by atoms with van der Waals surface area (Å²) >= 11 is 1.88. The molecular formula is C52H37NSSi. The SMILES string of the molecule is c1ccc(-c2ccc3c(c2)sc2cc(N(c4cccc([Si](c5ccccc5)(c5ccccc5)c5ccccc5)c4)c4cccc5ccccc45)ccc23)cc1. The molecule has 9 aromatic carbocycles. The van der Waals surface area contributed by atoms with Crippen LogP contribution < -0.4 is 25.6 Å². The molecule has 0 bridgehead atoms. The third-order valence-corrected chi connectivity index (χ3v) is 16.9. The smallest absolute Gasteiger partial charge is 0.179 e. The average Bonchev–Trinajstić information content (AvgIpc) is 3.63. The lowest BCUT2D eigenvalue weighted by Gasteiger charge is -2.35. The van der Waals surface area contributed by atoms with Crippen LogP contribution in [0.15, 0.2) is 224 Å². The quantitative estimate of drug-likeness (QED) is 0.111. The van der Waals surface area contributed by atoms with E-state index in [1.54, 1.807) is 0 Å². The fourth-order valence-electron chi connectivity index (χ4n) is 8.49. The molecule has 3 heteroatoms. The molecule has 55 heavy (non-hydrogen) atoms. The molecule has 0 radical (unpaired) electrons. The highest BCUT2D eigenvalue weighted by Gasteiger charge is 2.41. The molecule has 0 aliphatic carbocycles. The molecule has 0 fully saturated rings. The first kappa shape index (κ1) is 33.1. The van der Waals surface area contributed by atoms with Crippen molar-refractivity contribution >= 4 is 88.2 Å². The van der Waals surface area contributed by atoms with Gasteiger partial charge in [-0.15, -0.1) is 11.3 Å². The largest absolute Gasteiger partial charge is 0.310 e. The topological polar surface area (TPSA) is 3.24 Å². The summed E-state index contributed by atoms with van der Waals surface area (Å²) in [5, 5.41) is 10.5. The van der Waals surface area contributed by atoms with E-state index >= 15 is 0 Å². The minimum Gasteiger partial charge on any atom is -0.310 e. The zero-order valence-corrected chi connectivity index (χ0v) is 32.0. The van der Waals surface area contributed by atoms with Crippen molar-refractivity contribution in [3.8, 4) is 11.1 Å². The summed E-state index contributed by atoms with van der Waals surface area (Å²) in [4.78, 5) is 2.48. The van der Waals surface area contributed by atoms with Gasteiger partial charge in [-0.05, 0) is 73.7 Å². The van der Waals surface area contributed by atoms with E-state index in [1.807, 2.05) is 11.3 Å². The molecule has 0 unspecified atom stereocenters.